The van der Waals surface area contributed by atoms with E-state index >= 15 is 0 Å². The third-order valence-electron chi connectivity index (χ3n) is 5.83. The summed E-state index contributed by atoms with van der Waals surface area (Å²) < 4.78 is 5.54. The van der Waals surface area contributed by atoms with Crippen LogP contribution in [-0.4, -0.2) is 59.3 Å². The van der Waals surface area contributed by atoms with Crippen molar-refractivity contribution < 1.29 is 4.74 Å². The van der Waals surface area contributed by atoms with Gasteiger partial charge < -0.3 is 14.5 Å². The molecule has 2 saturated heterocycles. The predicted molar refractivity (Wildman–Crippen MR) is 108 cm³/mol. The smallest absolute Gasteiger partial charge is 0.225 e. The maximum atomic E-state index is 5.90. The number of rotatable bonds is 4. The number of hydrogen-bond donors (Lipinski definition) is 0. The molecule has 0 amide bonds. The fraction of sp³-hybridized carbons (Fsp3) is 0.600. The van der Waals surface area contributed by atoms with Crippen LogP contribution in [0.3, 0.4) is 0 Å². The summed E-state index contributed by atoms with van der Waals surface area (Å²) in [7, 11) is 0. The van der Waals surface area contributed by atoms with Gasteiger partial charge in [0, 0.05) is 63.0 Å². The second-order valence-corrected chi connectivity index (χ2v) is 8.28. The summed E-state index contributed by atoms with van der Waals surface area (Å²) in [5.41, 5.74) is 1.21. The van der Waals surface area contributed by atoms with Gasteiger partial charge in [0.05, 0.1) is 17.4 Å². The molecule has 3 aliphatic rings. The van der Waals surface area contributed by atoms with Gasteiger partial charge in [0.15, 0.2) is 0 Å². The largest absolute Gasteiger partial charge is 0.381 e. The Hall–Kier alpha value is -1.99. The molecule has 0 bridgehead atoms. The van der Waals surface area contributed by atoms with Crippen molar-refractivity contribution in [3.05, 3.63) is 35.0 Å². The van der Waals surface area contributed by atoms with E-state index in [-0.39, 0.29) is 0 Å². The third kappa shape index (κ3) is 3.91. The molecule has 0 unspecified atom stereocenters. The van der Waals surface area contributed by atoms with Crippen LogP contribution in [0.5, 0.6) is 0 Å². The third-order valence-corrected chi connectivity index (χ3v) is 6.02. The SMILES string of the molecule is Clc1cnc(N2CCN(c3cc(C4CCOCC4)nc(C4CC4)n3)CC2)nc1. The molecule has 2 aliphatic heterocycles. The van der Waals surface area contributed by atoms with Crippen LogP contribution in [0.1, 0.15) is 49.0 Å². The van der Waals surface area contributed by atoms with Crippen molar-refractivity contribution in [3.63, 3.8) is 0 Å². The molecule has 0 spiro atoms. The number of piperazine rings is 1. The van der Waals surface area contributed by atoms with Gasteiger partial charge in [0.1, 0.15) is 11.6 Å². The molecule has 5 rings (SSSR count). The first-order chi connectivity index (χ1) is 13.8. The Balaban J connectivity index is 1.33. The van der Waals surface area contributed by atoms with Crippen molar-refractivity contribution in [2.75, 3.05) is 49.2 Å². The topological polar surface area (TPSA) is 67.3 Å². The summed E-state index contributed by atoms with van der Waals surface area (Å²) in [6.45, 7) is 5.22. The zero-order chi connectivity index (χ0) is 18.9. The van der Waals surface area contributed by atoms with E-state index in [0.29, 0.717) is 16.9 Å². The van der Waals surface area contributed by atoms with E-state index in [9.17, 15) is 0 Å². The zero-order valence-corrected chi connectivity index (χ0v) is 16.7. The molecule has 0 N–H and O–H groups in total. The van der Waals surface area contributed by atoms with Crippen LogP contribution in [0.15, 0.2) is 18.5 Å². The molecule has 3 fully saturated rings. The molecular formula is C20H25ClN6O. The molecule has 2 aromatic heterocycles. The van der Waals surface area contributed by atoms with Gasteiger partial charge in [-0.2, -0.15) is 0 Å². The highest BCUT2D eigenvalue weighted by molar-refractivity contribution is 6.30. The van der Waals surface area contributed by atoms with E-state index in [1.807, 2.05) is 0 Å². The summed E-state index contributed by atoms with van der Waals surface area (Å²) in [4.78, 5) is 23.2. The molecule has 1 aliphatic carbocycles. The zero-order valence-electron chi connectivity index (χ0n) is 15.9. The van der Waals surface area contributed by atoms with Gasteiger partial charge in [-0.15, -0.1) is 0 Å². The van der Waals surface area contributed by atoms with E-state index in [4.69, 9.17) is 26.3 Å². The summed E-state index contributed by atoms with van der Waals surface area (Å²) >= 11 is 5.90. The van der Waals surface area contributed by atoms with Crippen molar-refractivity contribution in [2.24, 2.45) is 0 Å². The van der Waals surface area contributed by atoms with Gasteiger partial charge in [0.2, 0.25) is 5.95 Å². The predicted octanol–water partition coefficient (Wildman–Crippen LogP) is 3.02. The summed E-state index contributed by atoms with van der Waals surface area (Å²) in [6, 6.07) is 2.22. The fourth-order valence-electron chi connectivity index (χ4n) is 3.96. The van der Waals surface area contributed by atoms with E-state index in [2.05, 4.69) is 25.8 Å². The number of nitrogens with zero attached hydrogens (tertiary/aromatic N) is 6. The molecule has 0 radical (unpaired) electrons. The lowest BCUT2D eigenvalue weighted by Gasteiger charge is -2.35. The monoisotopic (exact) mass is 400 g/mol. The highest BCUT2D eigenvalue weighted by atomic mass is 35.5. The van der Waals surface area contributed by atoms with Crippen molar-refractivity contribution >= 4 is 23.4 Å². The molecule has 0 aromatic carbocycles. The molecule has 28 heavy (non-hydrogen) atoms. The molecule has 4 heterocycles. The minimum Gasteiger partial charge on any atom is -0.381 e. The molecule has 148 valence electrons. The lowest BCUT2D eigenvalue weighted by molar-refractivity contribution is 0.0844. The van der Waals surface area contributed by atoms with Gasteiger partial charge >= 0.3 is 0 Å². The first-order valence-corrected chi connectivity index (χ1v) is 10.6. The Morgan fingerprint density at radius 2 is 1.54 bits per heavy atom. The highest BCUT2D eigenvalue weighted by Crippen LogP contribution is 2.40. The van der Waals surface area contributed by atoms with E-state index in [1.54, 1.807) is 12.4 Å². The summed E-state index contributed by atoms with van der Waals surface area (Å²) in [6.07, 6.45) is 7.87. The first-order valence-electron chi connectivity index (χ1n) is 10.2. The molecule has 2 aromatic rings. The van der Waals surface area contributed by atoms with Crippen LogP contribution < -0.4 is 9.80 Å². The maximum Gasteiger partial charge on any atom is 0.225 e. The Morgan fingerprint density at radius 1 is 0.857 bits per heavy atom. The molecular weight excluding hydrogens is 376 g/mol. The van der Waals surface area contributed by atoms with Crippen LogP contribution in [-0.2, 0) is 4.74 Å². The van der Waals surface area contributed by atoms with Gasteiger partial charge in [-0.05, 0) is 25.7 Å². The number of anilines is 2. The second kappa shape index (κ2) is 7.79. The summed E-state index contributed by atoms with van der Waals surface area (Å²) in [5, 5.41) is 0.566. The van der Waals surface area contributed by atoms with Gasteiger partial charge in [0.25, 0.3) is 0 Å². The van der Waals surface area contributed by atoms with Gasteiger partial charge in [-0.25, -0.2) is 19.9 Å². The lowest BCUT2D eigenvalue weighted by Crippen LogP contribution is -2.47. The molecule has 7 nitrogen and oxygen atoms in total. The van der Waals surface area contributed by atoms with Crippen LogP contribution in [0.2, 0.25) is 5.02 Å². The normalized spacial score (nSPS) is 21.2. The molecule has 8 heteroatoms. The maximum absolute atomic E-state index is 5.90. The van der Waals surface area contributed by atoms with Crippen LogP contribution in [0.4, 0.5) is 11.8 Å². The van der Waals surface area contributed by atoms with Gasteiger partial charge in [-0.1, -0.05) is 11.6 Å². The van der Waals surface area contributed by atoms with Gasteiger partial charge in [-0.3, -0.25) is 0 Å². The Bertz CT molecular complexity index is 814. The quantitative estimate of drug-likeness (QED) is 0.781. The molecule has 1 saturated carbocycles. The average Bonchev–Trinajstić information content (AvgIpc) is 3.60. The minimum absolute atomic E-state index is 0.497. The number of aromatic nitrogens is 4. The van der Waals surface area contributed by atoms with Crippen molar-refractivity contribution in [1.82, 2.24) is 19.9 Å². The van der Waals surface area contributed by atoms with Crippen LogP contribution in [0, 0.1) is 0 Å². The number of ether oxygens (including phenoxy) is 1. The first kappa shape index (κ1) is 18.1. The number of halogens is 1. The van der Waals surface area contributed by atoms with Crippen LogP contribution in [0.25, 0.3) is 0 Å². The second-order valence-electron chi connectivity index (χ2n) is 7.85. The Morgan fingerprint density at radius 3 is 2.21 bits per heavy atom. The van der Waals surface area contributed by atoms with Crippen LogP contribution >= 0.6 is 11.6 Å². The Kier molecular flexibility index (Phi) is 5.03. The minimum atomic E-state index is 0.497. The summed E-state index contributed by atoms with van der Waals surface area (Å²) in [5.74, 6) is 3.92. The van der Waals surface area contributed by atoms with Crippen molar-refractivity contribution in [3.8, 4) is 0 Å². The fourth-order valence-corrected chi connectivity index (χ4v) is 4.06. The average molecular weight is 401 g/mol. The van der Waals surface area contributed by atoms with E-state index < -0.39 is 0 Å². The molecule has 0 atom stereocenters. The van der Waals surface area contributed by atoms with E-state index in [1.165, 1.54) is 18.5 Å². The highest BCUT2D eigenvalue weighted by Gasteiger charge is 2.30. The van der Waals surface area contributed by atoms with Crippen molar-refractivity contribution in [1.29, 1.82) is 0 Å². The standard InChI is InChI=1S/C20H25ClN6O/c21-16-12-22-20(23-13-16)27-7-5-26(6-8-27)18-11-17(14-3-9-28-10-4-14)24-19(25-18)15-1-2-15/h11-15H,1-10H2. The Labute approximate surface area is 170 Å². The van der Waals surface area contributed by atoms with Crippen molar-refractivity contribution in [2.45, 2.75) is 37.5 Å². The van der Waals surface area contributed by atoms with E-state index in [0.717, 1.165) is 69.8 Å². The number of hydrogen-bond acceptors (Lipinski definition) is 7. The lowest BCUT2D eigenvalue weighted by atomic mass is 9.96.